The summed E-state index contributed by atoms with van der Waals surface area (Å²) in [4.78, 5) is 7.62. The topological polar surface area (TPSA) is 49.8 Å². The van der Waals surface area contributed by atoms with Crippen LogP contribution in [-0.4, -0.2) is 16.0 Å². The van der Waals surface area contributed by atoms with E-state index in [1.54, 1.807) is 24.3 Å². The minimum Gasteiger partial charge on any atom is -0.352 e. The zero-order valence-electron chi connectivity index (χ0n) is 12.6. The first-order chi connectivity index (χ1) is 10.8. The van der Waals surface area contributed by atoms with E-state index >= 15 is 0 Å². The molecule has 4 nitrogen and oxygen atoms in total. The van der Waals surface area contributed by atoms with Crippen LogP contribution in [0, 0.1) is 0 Å². The monoisotopic (exact) mass is 344 g/mol. The van der Waals surface area contributed by atoms with Crippen LogP contribution in [0.15, 0.2) is 30.3 Å². The van der Waals surface area contributed by atoms with E-state index in [0.717, 1.165) is 12.5 Å². The summed E-state index contributed by atoms with van der Waals surface area (Å²) in [5.74, 6) is -0.0602. The van der Waals surface area contributed by atoms with E-state index in [1.165, 1.54) is 0 Å². The van der Waals surface area contributed by atoms with E-state index in [1.807, 2.05) is 13.8 Å². The lowest BCUT2D eigenvalue weighted by molar-refractivity contribution is -0.141. The molecule has 1 heterocycles. The number of anilines is 3. The summed E-state index contributed by atoms with van der Waals surface area (Å²) in [5, 5.41) is 6.03. The van der Waals surface area contributed by atoms with Crippen LogP contribution < -0.4 is 10.6 Å². The lowest BCUT2D eigenvalue weighted by Crippen LogP contribution is -2.18. The Bertz CT molecular complexity index is 676. The number of benzene rings is 1. The van der Waals surface area contributed by atoms with E-state index in [4.69, 9.17) is 11.6 Å². The summed E-state index contributed by atoms with van der Waals surface area (Å²) in [7, 11) is 0. The van der Waals surface area contributed by atoms with Crippen LogP contribution in [0.25, 0.3) is 0 Å². The molecule has 2 aromatic rings. The smallest absolute Gasteiger partial charge is 0.352 e. The van der Waals surface area contributed by atoms with Gasteiger partial charge in [-0.15, -0.1) is 0 Å². The van der Waals surface area contributed by atoms with E-state index in [9.17, 15) is 13.2 Å². The number of rotatable bonds is 5. The Morgan fingerprint density at radius 2 is 1.91 bits per heavy atom. The predicted molar refractivity (Wildman–Crippen MR) is 85.1 cm³/mol. The van der Waals surface area contributed by atoms with Crippen LogP contribution in [-0.2, 0) is 6.18 Å². The molecular weight excluding hydrogens is 329 g/mol. The third-order valence-electron chi connectivity index (χ3n) is 3.14. The summed E-state index contributed by atoms with van der Waals surface area (Å²) in [6.45, 7) is 3.75. The Labute approximate surface area is 137 Å². The Morgan fingerprint density at radius 1 is 1.22 bits per heavy atom. The van der Waals surface area contributed by atoms with Gasteiger partial charge in [-0.25, -0.2) is 4.98 Å². The molecule has 0 unspecified atom stereocenters. The maximum atomic E-state index is 13.0. The van der Waals surface area contributed by atoms with Crippen molar-refractivity contribution < 1.29 is 13.2 Å². The second kappa shape index (κ2) is 7.04. The van der Waals surface area contributed by atoms with Crippen molar-refractivity contribution in [2.45, 2.75) is 32.5 Å². The molecule has 2 rings (SSSR count). The molecule has 0 amide bonds. The largest absolute Gasteiger partial charge is 0.433 e. The third kappa shape index (κ3) is 4.72. The van der Waals surface area contributed by atoms with Crippen LogP contribution in [0.4, 0.5) is 30.6 Å². The van der Waals surface area contributed by atoms with Gasteiger partial charge in [-0.2, -0.15) is 18.2 Å². The van der Waals surface area contributed by atoms with Crippen LogP contribution in [0.1, 0.15) is 26.0 Å². The van der Waals surface area contributed by atoms with Gasteiger partial charge in [0.25, 0.3) is 0 Å². The first-order valence-corrected chi connectivity index (χ1v) is 7.41. The van der Waals surface area contributed by atoms with Gasteiger partial charge in [0.15, 0.2) is 5.69 Å². The van der Waals surface area contributed by atoms with Crippen molar-refractivity contribution in [3.63, 3.8) is 0 Å². The maximum Gasteiger partial charge on any atom is 0.433 e. The van der Waals surface area contributed by atoms with E-state index in [2.05, 4.69) is 20.6 Å². The van der Waals surface area contributed by atoms with Crippen molar-refractivity contribution in [3.05, 3.63) is 41.0 Å². The molecule has 0 spiro atoms. The lowest BCUT2D eigenvalue weighted by atomic mass is 10.3. The number of para-hydroxylation sites is 1. The van der Waals surface area contributed by atoms with Crippen molar-refractivity contribution in [3.8, 4) is 0 Å². The van der Waals surface area contributed by atoms with Gasteiger partial charge in [-0.1, -0.05) is 30.7 Å². The normalized spacial score (nSPS) is 12.8. The summed E-state index contributed by atoms with van der Waals surface area (Å²) < 4.78 is 39.0. The molecule has 0 radical (unpaired) electrons. The van der Waals surface area contributed by atoms with E-state index in [0.29, 0.717) is 10.7 Å². The number of halogens is 4. The Balaban J connectivity index is 2.38. The van der Waals surface area contributed by atoms with Crippen molar-refractivity contribution in [2.75, 3.05) is 10.6 Å². The van der Waals surface area contributed by atoms with E-state index in [-0.39, 0.29) is 17.8 Å². The summed E-state index contributed by atoms with van der Waals surface area (Å²) in [6.07, 6.45) is -3.83. The molecular formula is C15H16ClF3N4. The van der Waals surface area contributed by atoms with Gasteiger partial charge in [-0.3, -0.25) is 0 Å². The maximum absolute atomic E-state index is 13.0. The molecule has 1 aromatic heterocycles. The number of alkyl halides is 3. The zero-order valence-corrected chi connectivity index (χ0v) is 13.3. The summed E-state index contributed by atoms with van der Waals surface area (Å²) >= 11 is 6.01. The average molecular weight is 345 g/mol. The van der Waals surface area contributed by atoms with Crippen LogP contribution in [0.2, 0.25) is 5.02 Å². The molecule has 0 saturated heterocycles. The molecule has 8 heteroatoms. The fourth-order valence-corrected chi connectivity index (χ4v) is 1.93. The molecule has 2 N–H and O–H groups in total. The standard InChI is InChI=1S/C15H16ClF3N4/c1-3-9(2)20-14-22-12(15(17,18)19)8-13(23-14)21-11-7-5-4-6-10(11)16/h4-9H,3H2,1-2H3,(H2,20,21,22,23)/t9-/m1/s1. The Kier molecular flexibility index (Phi) is 5.30. The average Bonchev–Trinajstić information content (AvgIpc) is 2.48. The van der Waals surface area contributed by atoms with Crippen LogP contribution in [0.3, 0.4) is 0 Å². The number of hydrogen-bond donors (Lipinski definition) is 2. The van der Waals surface area contributed by atoms with Crippen LogP contribution >= 0.6 is 11.6 Å². The molecule has 0 bridgehead atoms. The van der Waals surface area contributed by atoms with Gasteiger partial charge >= 0.3 is 6.18 Å². The second-order valence-electron chi connectivity index (χ2n) is 5.02. The SMILES string of the molecule is CC[C@@H](C)Nc1nc(Nc2ccccc2Cl)cc(C(F)(F)F)n1. The molecule has 23 heavy (non-hydrogen) atoms. The predicted octanol–water partition coefficient (Wildman–Crippen LogP) is 5.10. The quantitative estimate of drug-likeness (QED) is 0.792. The Morgan fingerprint density at radius 3 is 2.52 bits per heavy atom. The van der Waals surface area contributed by atoms with Gasteiger partial charge in [-0.05, 0) is 25.5 Å². The number of hydrogen-bond acceptors (Lipinski definition) is 4. The van der Waals surface area contributed by atoms with Gasteiger partial charge in [0.1, 0.15) is 5.82 Å². The first-order valence-electron chi connectivity index (χ1n) is 7.04. The highest BCUT2D eigenvalue weighted by Crippen LogP contribution is 2.31. The molecule has 0 aliphatic carbocycles. The highest BCUT2D eigenvalue weighted by molar-refractivity contribution is 6.33. The second-order valence-corrected chi connectivity index (χ2v) is 5.43. The zero-order chi connectivity index (χ0) is 17.0. The third-order valence-corrected chi connectivity index (χ3v) is 3.47. The minimum absolute atomic E-state index is 0.0197. The van der Waals surface area contributed by atoms with Crippen molar-refractivity contribution >= 4 is 29.1 Å². The van der Waals surface area contributed by atoms with Gasteiger partial charge in [0.05, 0.1) is 10.7 Å². The number of aromatic nitrogens is 2. The number of nitrogens with zero attached hydrogens (tertiary/aromatic N) is 2. The fraction of sp³-hybridized carbons (Fsp3) is 0.333. The van der Waals surface area contributed by atoms with Gasteiger partial charge in [0, 0.05) is 12.1 Å². The number of nitrogens with one attached hydrogen (secondary N) is 2. The van der Waals surface area contributed by atoms with Crippen LogP contribution in [0.5, 0.6) is 0 Å². The first kappa shape index (κ1) is 17.3. The molecule has 0 fully saturated rings. The lowest BCUT2D eigenvalue weighted by Gasteiger charge is -2.15. The molecule has 0 aliphatic heterocycles. The fourth-order valence-electron chi connectivity index (χ4n) is 1.74. The van der Waals surface area contributed by atoms with Gasteiger partial charge < -0.3 is 10.6 Å². The highest BCUT2D eigenvalue weighted by Gasteiger charge is 2.34. The molecule has 0 saturated carbocycles. The highest BCUT2D eigenvalue weighted by atomic mass is 35.5. The van der Waals surface area contributed by atoms with Gasteiger partial charge in [0.2, 0.25) is 5.95 Å². The van der Waals surface area contributed by atoms with Crippen molar-refractivity contribution in [1.82, 2.24) is 9.97 Å². The van der Waals surface area contributed by atoms with E-state index < -0.39 is 11.9 Å². The molecule has 1 atom stereocenters. The van der Waals surface area contributed by atoms with Crippen molar-refractivity contribution in [1.29, 1.82) is 0 Å². The Hall–Kier alpha value is -2.02. The summed E-state index contributed by atoms with van der Waals surface area (Å²) in [5.41, 5.74) is -0.552. The summed E-state index contributed by atoms with van der Waals surface area (Å²) in [6, 6.07) is 7.54. The molecule has 124 valence electrons. The molecule has 0 aliphatic rings. The van der Waals surface area contributed by atoms with Crippen molar-refractivity contribution in [2.24, 2.45) is 0 Å². The minimum atomic E-state index is -4.56. The molecule has 1 aromatic carbocycles.